The average molecular weight is 461 g/mol. The molecule has 0 N–H and O–H groups in total. The van der Waals surface area contributed by atoms with Crippen molar-refractivity contribution in [2.45, 2.75) is 79.1 Å². The van der Waals surface area contributed by atoms with E-state index in [0.717, 1.165) is 26.2 Å². The van der Waals surface area contributed by atoms with Gasteiger partial charge in [0, 0.05) is 37.6 Å². The highest BCUT2D eigenvalue weighted by Crippen LogP contribution is 2.19. The molecule has 2 aromatic carbocycles. The van der Waals surface area contributed by atoms with Crippen LogP contribution >= 0.6 is 0 Å². The second kappa shape index (κ2) is 17.0. The van der Waals surface area contributed by atoms with E-state index in [-0.39, 0.29) is 0 Å². The summed E-state index contributed by atoms with van der Waals surface area (Å²) >= 11 is 0. The molecule has 0 radical (unpaired) electrons. The lowest BCUT2D eigenvalue weighted by atomic mass is 10.1. The molecule has 0 heterocycles. The summed E-state index contributed by atoms with van der Waals surface area (Å²) < 4.78 is 0. The maximum absolute atomic E-state index is 2.54. The maximum Gasteiger partial charge on any atom is 0.0366 e. The van der Waals surface area contributed by atoms with Gasteiger partial charge in [-0.2, -0.15) is 0 Å². The molecule has 0 aliphatic carbocycles. The standard InChI is InChI=1S/C32H48N2/c1-5-9-25-33(26-10-6-2)31-21-17-29(18-22-31)15-13-14-16-30-19-23-32(24-20-30)34(27-11-7-3)28-12-8-4/h13-24H,5-12,25-28H2,1-4H3. The van der Waals surface area contributed by atoms with Crippen LogP contribution in [-0.4, -0.2) is 26.2 Å². The summed E-state index contributed by atoms with van der Waals surface area (Å²) in [6, 6.07) is 18.0. The van der Waals surface area contributed by atoms with Crippen molar-refractivity contribution in [2.24, 2.45) is 0 Å². The summed E-state index contributed by atoms with van der Waals surface area (Å²) in [7, 11) is 0. The van der Waals surface area contributed by atoms with Gasteiger partial charge in [0.2, 0.25) is 0 Å². The lowest BCUT2D eigenvalue weighted by molar-refractivity contribution is 0.678. The third kappa shape index (κ3) is 10.2. The average Bonchev–Trinajstić information content (AvgIpc) is 2.88. The molecule has 0 aromatic heterocycles. The predicted octanol–water partition coefficient (Wildman–Crippen LogP) is 9.23. The number of allylic oxidation sites excluding steroid dienone is 2. The largest absolute Gasteiger partial charge is 0.372 e. The second-order valence-electron chi connectivity index (χ2n) is 9.29. The molecule has 34 heavy (non-hydrogen) atoms. The van der Waals surface area contributed by atoms with Gasteiger partial charge in [-0.05, 0) is 61.1 Å². The van der Waals surface area contributed by atoms with Gasteiger partial charge in [-0.25, -0.2) is 0 Å². The molecule has 0 spiro atoms. The Labute approximate surface area is 210 Å². The fourth-order valence-electron chi connectivity index (χ4n) is 4.06. The number of unbranched alkanes of at least 4 members (excludes halogenated alkanes) is 4. The molecule has 0 aliphatic rings. The van der Waals surface area contributed by atoms with Crippen molar-refractivity contribution in [3.05, 3.63) is 71.8 Å². The molecular formula is C32H48N2. The minimum atomic E-state index is 1.15. The van der Waals surface area contributed by atoms with E-state index in [0.29, 0.717) is 0 Å². The van der Waals surface area contributed by atoms with Gasteiger partial charge >= 0.3 is 0 Å². The summed E-state index contributed by atoms with van der Waals surface area (Å²) in [6.07, 6.45) is 18.7. The molecule has 2 aromatic rings. The minimum absolute atomic E-state index is 1.15. The fourth-order valence-corrected chi connectivity index (χ4v) is 4.06. The molecule has 0 bridgehead atoms. The van der Waals surface area contributed by atoms with Crippen LogP contribution in [0, 0.1) is 0 Å². The van der Waals surface area contributed by atoms with Gasteiger partial charge in [0.1, 0.15) is 0 Å². The summed E-state index contributed by atoms with van der Waals surface area (Å²) in [5.41, 5.74) is 5.19. The van der Waals surface area contributed by atoms with Crippen LogP contribution in [-0.2, 0) is 0 Å². The number of hydrogen-bond donors (Lipinski definition) is 0. The first-order valence-electron chi connectivity index (χ1n) is 13.8. The zero-order valence-corrected chi connectivity index (χ0v) is 22.3. The third-order valence-corrected chi connectivity index (χ3v) is 6.33. The van der Waals surface area contributed by atoms with Gasteiger partial charge in [-0.3, -0.25) is 0 Å². The molecule has 0 aliphatic heterocycles. The van der Waals surface area contributed by atoms with E-state index in [9.17, 15) is 0 Å². The van der Waals surface area contributed by atoms with Gasteiger partial charge in [-0.15, -0.1) is 0 Å². The van der Waals surface area contributed by atoms with Crippen LogP contribution in [0.3, 0.4) is 0 Å². The van der Waals surface area contributed by atoms with Gasteiger partial charge in [0.05, 0.1) is 0 Å². The molecule has 2 nitrogen and oxygen atoms in total. The van der Waals surface area contributed by atoms with E-state index in [1.807, 2.05) is 0 Å². The first-order chi connectivity index (χ1) is 16.7. The molecule has 0 saturated carbocycles. The van der Waals surface area contributed by atoms with Crippen LogP contribution < -0.4 is 9.80 Å². The van der Waals surface area contributed by atoms with Crippen LogP contribution in [0.4, 0.5) is 11.4 Å². The topological polar surface area (TPSA) is 6.48 Å². The lowest BCUT2D eigenvalue weighted by Crippen LogP contribution is -2.25. The smallest absolute Gasteiger partial charge is 0.0366 e. The molecule has 2 heteroatoms. The summed E-state index contributed by atoms with van der Waals surface area (Å²) in [4.78, 5) is 5.07. The van der Waals surface area contributed by atoms with Crippen molar-refractivity contribution in [3.63, 3.8) is 0 Å². The molecule has 2 rings (SSSR count). The molecule has 0 atom stereocenters. The van der Waals surface area contributed by atoms with E-state index in [4.69, 9.17) is 0 Å². The third-order valence-electron chi connectivity index (χ3n) is 6.33. The summed E-state index contributed by atoms with van der Waals surface area (Å²) in [5.74, 6) is 0. The van der Waals surface area contributed by atoms with Crippen LogP contribution in [0.25, 0.3) is 12.2 Å². The Kier molecular flexibility index (Phi) is 13.9. The molecule has 0 saturated heterocycles. The van der Waals surface area contributed by atoms with E-state index in [1.54, 1.807) is 0 Å². The van der Waals surface area contributed by atoms with E-state index in [2.05, 4.69) is 110 Å². The van der Waals surface area contributed by atoms with E-state index in [1.165, 1.54) is 73.9 Å². The van der Waals surface area contributed by atoms with Gasteiger partial charge in [-0.1, -0.05) is 102 Å². The van der Waals surface area contributed by atoms with Crippen LogP contribution in [0.1, 0.15) is 90.2 Å². The summed E-state index contributed by atoms with van der Waals surface area (Å²) in [6.45, 7) is 13.7. The number of anilines is 2. The van der Waals surface area contributed by atoms with Gasteiger partial charge in [0.25, 0.3) is 0 Å². The highest BCUT2D eigenvalue weighted by Gasteiger charge is 2.06. The van der Waals surface area contributed by atoms with Crippen molar-refractivity contribution in [1.29, 1.82) is 0 Å². The van der Waals surface area contributed by atoms with Crippen LogP contribution in [0.5, 0.6) is 0 Å². The zero-order valence-electron chi connectivity index (χ0n) is 22.3. The first-order valence-corrected chi connectivity index (χ1v) is 13.8. The van der Waals surface area contributed by atoms with Crippen molar-refractivity contribution < 1.29 is 0 Å². The van der Waals surface area contributed by atoms with Crippen molar-refractivity contribution in [2.75, 3.05) is 36.0 Å². The Morgan fingerprint density at radius 3 is 1.03 bits per heavy atom. The van der Waals surface area contributed by atoms with Gasteiger partial charge in [0.15, 0.2) is 0 Å². The fraction of sp³-hybridized carbons (Fsp3) is 0.500. The van der Waals surface area contributed by atoms with E-state index >= 15 is 0 Å². The highest BCUT2D eigenvalue weighted by atomic mass is 15.1. The monoisotopic (exact) mass is 460 g/mol. The second-order valence-corrected chi connectivity index (χ2v) is 9.29. The van der Waals surface area contributed by atoms with Gasteiger partial charge < -0.3 is 9.80 Å². The first kappa shape index (κ1) is 27.8. The Hall–Kier alpha value is -2.48. The van der Waals surface area contributed by atoms with Crippen LogP contribution in [0.15, 0.2) is 60.7 Å². The minimum Gasteiger partial charge on any atom is -0.372 e. The molecule has 0 unspecified atom stereocenters. The summed E-state index contributed by atoms with van der Waals surface area (Å²) in [5, 5.41) is 0. The Balaban J connectivity index is 1.93. The quantitative estimate of drug-likeness (QED) is 0.217. The zero-order chi connectivity index (χ0) is 24.4. The number of rotatable bonds is 17. The van der Waals surface area contributed by atoms with E-state index < -0.39 is 0 Å². The Bertz CT molecular complexity index is 730. The molecule has 0 fully saturated rings. The molecule has 0 amide bonds. The lowest BCUT2D eigenvalue weighted by Gasteiger charge is -2.24. The van der Waals surface area contributed by atoms with Crippen LogP contribution in [0.2, 0.25) is 0 Å². The SMILES string of the molecule is CCCCN(CCCC)c1ccc(C=CC=Cc2ccc(N(CCCC)CCCC)cc2)cc1. The van der Waals surface area contributed by atoms with Crippen molar-refractivity contribution >= 4 is 23.5 Å². The van der Waals surface area contributed by atoms with Crippen molar-refractivity contribution in [1.82, 2.24) is 0 Å². The molecular weight excluding hydrogens is 412 g/mol. The Morgan fingerprint density at radius 2 is 0.765 bits per heavy atom. The molecule has 186 valence electrons. The number of nitrogens with zero attached hydrogens (tertiary/aromatic N) is 2. The normalized spacial score (nSPS) is 11.5. The number of hydrogen-bond acceptors (Lipinski definition) is 2. The Morgan fingerprint density at radius 1 is 0.471 bits per heavy atom. The maximum atomic E-state index is 2.54. The highest BCUT2D eigenvalue weighted by molar-refractivity contribution is 5.61. The number of benzene rings is 2. The predicted molar refractivity (Wildman–Crippen MR) is 155 cm³/mol. The van der Waals surface area contributed by atoms with Crippen molar-refractivity contribution in [3.8, 4) is 0 Å².